The van der Waals surface area contributed by atoms with Crippen LogP contribution in [0.2, 0.25) is 5.02 Å². The molecule has 0 radical (unpaired) electrons. The predicted octanol–water partition coefficient (Wildman–Crippen LogP) is 4.88. The zero-order valence-electron chi connectivity index (χ0n) is 10.2. The molecule has 0 spiro atoms. The Hall–Kier alpha value is -1.25. The molecule has 0 bridgehead atoms. The van der Waals surface area contributed by atoms with E-state index >= 15 is 0 Å². The minimum atomic E-state index is 0.385. The molecule has 94 valence electrons. The fourth-order valence-corrected chi connectivity index (χ4v) is 2.09. The molecule has 0 fully saturated rings. The van der Waals surface area contributed by atoms with E-state index in [0.29, 0.717) is 16.8 Å². The van der Waals surface area contributed by atoms with Gasteiger partial charge in [0.2, 0.25) is 5.88 Å². The number of benzene rings is 1. The quantitative estimate of drug-likeness (QED) is 0.748. The van der Waals surface area contributed by atoms with E-state index in [1.54, 1.807) is 12.3 Å². The van der Waals surface area contributed by atoms with Gasteiger partial charge in [-0.1, -0.05) is 17.7 Å². The smallest absolute Gasteiger partial charge is 0.238 e. The molecule has 4 heteroatoms. The van der Waals surface area contributed by atoms with Gasteiger partial charge in [-0.3, -0.25) is 0 Å². The van der Waals surface area contributed by atoms with Crippen LogP contribution in [0.4, 0.5) is 0 Å². The monoisotopic (exact) mass is 281 g/mol. The molecule has 2 aromatic rings. The summed E-state index contributed by atoms with van der Waals surface area (Å²) in [4.78, 5) is 4.17. The van der Waals surface area contributed by atoms with Gasteiger partial charge in [-0.15, -0.1) is 11.6 Å². The number of aromatic nitrogens is 1. The molecule has 0 saturated carbocycles. The molecule has 1 aromatic carbocycles. The predicted molar refractivity (Wildman–Crippen MR) is 74.8 cm³/mol. The Kier molecular flexibility index (Phi) is 4.10. The summed E-state index contributed by atoms with van der Waals surface area (Å²) in [6, 6.07) is 7.74. The summed E-state index contributed by atoms with van der Waals surface area (Å²) in [5.74, 6) is 1.52. The maximum Gasteiger partial charge on any atom is 0.238 e. The lowest BCUT2D eigenvalue weighted by molar-refractivity contribution is 0.462. The van der Waals surface area contributed by atoms with Crippen molar-refractivity contribution in [2.75, 3.05) is 0 Å². The molecule has 18 heavy (non-hydrogen) atoms. The van der Waals surface area contributed by atoms with Gasteiger partial charge in [0.1, 0.15) is 10.8 Å². The lowest BCUT2D eigenvalue weighted by atomic mass is 10.1. The van der Waals surface area contributed by atoms with E-state index in [2.05, 4.69) is 11.1 Å². The molecule has 2 nitrogen and oxygen atoms in total. The number of ether oxygens (including phenoxy) is 1. The lowest BCUT2D eigenvalue weighted by Crippen LogP contribution is -1.92. The maximum atomic E-state index is 6.09. The fraction of sp³-hybridized carbons (Fsp3) is 0.214. The fourth-order valence-electron chi connectivity index (χ4n) is 1.72. The van der Waals surface area contributed by atoms with Crippen LogP contribution >= 0.6 is 23.2 Å². The molecule has 0 N–H and O–H groups in total. The van der Waals surface area contributed by atoms with Crippen LogP contribution in [0.3, 0.4) is 0 Å². The highest BCUT2D eigenvalue weighted by Gasteiger charge is 2.06. The van der Waals surface area contributed by atoms with Crippen molar-refractivity contribution in [2.24, 2.45) is 0 Å². The first-order chi connectivity index (χ1) is 8.58. The molecule has 0 atom stereocenters. The van der Waals surface area contributed by atoms with Gasteiger partial charge in [0.05, 0.1) is 0 Å². The number of rotatable bonds is 3. The van der Waals surface area contributed by atoms with Gasteiger partial charge in [0.25, 0.3) is 0 Å². The Morgan fingerprint density at radius 3 is 2.33 bits per heavy atom. The largest absolute Gasteiger partial charge is 0.438 e. The number of halogens is 2. The second-order valence-electron chi connectivity index (χ2n) is 4.19. The van der Waals surface area contributed by atoms with Crippen LogP contribution in [-0.2, 0) is 5.88 Å². The molecule has 0 aliphatic heterocycles. The average Bonchev–Trinajstić information content (AvgIpc) is 2.30. The first kappa shape index (κ1) is 13.2. The second-order valence-corrected chi connectivity index (χ2v) is 4.86. The highest BCUT2D eigenvalue weighted by atomic mass is 35.5. The molecular formula is C14H13Cl2NO. The maximum absolute atomic E-state index is 6.09. The number of hydrogen-bond donors (Lipinski definition) is 0. The summed E-state index contributed by atoms with van der Waals surface area (Å²) < 4.78 is 5.68. The Morgan fingerprint density at radius 2 is 1.78 bits per heavy atom. The van der Waals surface area contributed by atoms with Gasteiger partial charge in [0, 0.05) is 12.1 Å². The molecule has 1 heterocycles. The van der Waals surface area contributed by atoms with Crippen LogP contribution in [0.15, 0.2) is 30.5 Å². The molecular weight excluding hydrogens is 269 g/mol. The number of hydrogen-bond acceptors (Lipinski definition) is 2. The number of alkyl halides is 1. The number of aryl methyl sites for hydroxylation is 2. The topological polar surface area (TPSA) is 22.1 Å². The highest BCUT2D eigenvalue weighted by molar-refractivity contribution is 6.32. The van der Waals surface area contributed by atoms with E-state index in [4.69, 9.17) is 27.9 Å². The summed E-state index contributed by atoms with van der Waals surface area (Å²) in [6.07, 6.45) is 1.66. The van der Waals surface area contributed by atoms with E-state index in [0.717, 1.165) is 22.4 Å². The van der Waals surface area contributed by atoms with Crippen LogP contribution < -0.4 is 4.74 Å². The van der Waals surface area contributed by atoms with Gasteiger partial charge in [-0.25, -0.2) is 4.98 Å². The SMILES string of the molecule is Cc1cc(C)cc(Oc2ncc(CCl)cc2Cl)c1. The molecule has 0 unspecified atom stereocenters. The first-order valence-corrected chi connectivity index (χ1v) is 6.46. The first-order valence-electron chi connectivity index (χ1n) is 5.55. The summed E-state index contributed by atoms with van der Waals surface area (Å²) in [6.45, 7) is 4.04. The van der Waals surface area contributed by atoms with Crippen molar-refractivity contribution in [2.45, 2.75) is 19.7 Å². The van der Waals surface area contributed by atoms with Crippen molar-refractivity contribution in [3.05, 3.63) is 52.2 Å². The third-order valence-corrected chi connectivity index (χ3v) is 3.01. The Morgan fingerprint density at radius 1 is 1.11 bits per heavy atom. The normalized spacial score (nSPS) is 10.4. The number of pyridine rings is 1. The summed E-state index contributed by atoms with van der Waals surface area (Å²) in [7, 11) is 0. The van der Waals surface area contributed by atoms with Crippen molar-refractivity contribution in [3.63, 3.8) is 0 Å². The second kappa shape index (κ2) is 5.59. The van der Waals surface area contributed by atoms with E-state index < -0.39 is 0 Å². The minimum Gasteiger partial charge on any atom is -0.438 e. The molecule has 0 amide bonds. The van der Waals surface area contributed by atoms with Gasteiger partial charge in [-0.2, -0.15) is 0 Å². The summed E-state index contributed by atoms with van der Waals surface area (Å²) >= 11 is 11.8. The van der Waals surface area contributed by atoms with Crippen LogP contribution in [0.1, 0.15) is 16.7 Å². The number of nitrogens with zero attached hydrogens (tertiary/aromatic N) is 1. The van der Waals surface area contributed by atoms with Crippen molar-refractivity contribution in [1.29, 1.82) is 0 Å². The van der Waals surface area contributed by atoms with Crippen molar-refractivity contribution < 1.29 is 4.74 Å². The molecule has 2 rings (SSSR count). The zero-order chi connectivity index (χ0) is 13.1. The molecule has 0 aliphatic carbocycles. The molecule has 1 aromatic heterocycles. The standard InChI is InChI=1S/C14H13Cl2NO/c1-9-3-10(2)5-12(4-9)18-14-13(16)6-11(7-15)8-17-14/h3-6,8H,7H2,1-2H3. The van der Waals surface area contributed by atoms with Crippen molar-refractivity contribution >= 4 is 23.2 Å². The minimum absolute atomic E-state index is 0.385. The van der Waals surface area contributed by atoms with Crippen molar-refractivity contribution in [1.82, 2.24) is 4.98 Å². The Balaban J connectivity index is 2.28. The lowest BCUT2D eigenvalue weighted by Gasteiger charge is -2.08. The zero-order valence-corrected chi connectivity index (χ0v) is 11.7. The van der Waals surface area contributed by atoms with E-state index in [1.807, 2.05) is 26.0 Å². The van der Waals surface area contributed by atoms with Crippen LogP contribution in [0, 0.1) is 13.8 Å². The highest BCUT2D eigenvalue weighted by Crippen LogP contribution is 2.29. The van der Waals surface area contributed by atoms with Gasteiger partial charge >= 0.3 is 0 Å². The van der Waals surface area contributed by atoms with Gasteiger partial charge in [-0.05, 0) is 48.7 Å². The summed E-state index contributed by atoms with van der Waals surface area (Å²) in [5, 5.41) is 0.465. The van der Waals surface area contributed by atoms with Gasteiger partial charge in [0.15, 0.2) is 0 Å². The van der Waals surface area contributed by atoms with E-state index in [1.165, 1.54) is 0 Å². The Bertz CT molecular complexity index is 549. The molecule has 0 saturated heterocycles. The summed E-state index contributed by atoms with van der Waals surface area (Å²) in [5.41, 5.74) is 3.14. The third kappa shape index (κ3) is 3.15. The van der Waals surface area contributed by atoms with Gasteiger partial charge < -0.3 is 4.74 Å². The van der Waals surface area contributed by atoms with E-state index in [9.17, 15) is 0 Å². The average molecular weight is 282 g/mol. The van der Waals surface area contributed by atoms with Crippen LogP contribution in [0.25, 0.3) is 0 Å². The van der Waals surface area contributed by atoms with Crippen LogP contribution in [-0.4, -0.2) is 4.98 Å². The molecule has 0 aliphatic rings. The van der Waals surface area contributed by atoms with E-state index in [-0.39, 0.29) is 0 Å². The third-order valence-electron chi connectivity index (χ3n) is 2.43. The Labute approximate surface area is 117 Å². The van der Waals surface area contributed by atoms with Crippen molar-refractivity contribution in [3.8, 4) is 11.6 Å². The van der Waals surface area contributed by atoms with Crippen LogP contribution in [0.5, 0.6) is 11.6 Å².